The van der Waals surface area contributed by atoms with Gasteiger partial charge in [0, 0.05) is 10.6 Å². The average Bonchev–Trinajstić information content (AvgIpc) is 2.49. The third-order valence-corrected chi connectivity index (χ3v) is 2.26. The number of aliphatic hydroxyl groups is 1. The Labute approximate surface area is 119 Å². The molecule has 2 aromatic rings. The van der Waals surface area contributed by atoms with Gasteiger partial charge in [0.25, 0.3) is 0 Å². The summed E-state index contributed by atoms with van der Waals surface area (Å²) >= 11 is 0. The van der Waals surface area contributed by atoms with E-state index in [1.54, 1.807) is 19.2 Å². The third kappa shape index (κ3) is 6.44. The second kappa shape index (κ2) is 10.4. The monoisotopic (exact) mass is 273 g/mol. The van der Waals surface area contributed by atoms with Crippen molar-refractivity contribution in [2.75, 3.05) is 7.11 Å². The molecule has 20 heavy (non-hydrogen) atoms. The lowest BCUT2D eigenvalue weighted by molar-refractivity contribution is 0.281. The molecule has 2 aromatic carbocycles. The van der Waals surface area contributed by atoms with Gasteiger partial charge in [-0.1, -0.05) is 55.0 Å². The molecule has 2 rings (SSSR count). The predicted molar refractivity (Wildman–Crippen MR) is 80.9 cm³/mol. The summed E-state index contributed by atoms with van der Waals surface area (Å²) < 4.78 is 4.93. The van der Waals surface area contributed by atoms with Crippen LogP contribution in [0, 0.1) is 0 Å². The van der Waals surface area contributed by atoms with Gasteiger partial charge in [-0.3, -0.25) is 0 Å². The van der Waals surface area contributed by atoms with Crippen molar-refractivity contribution in [3.05, 3.63) is 70.6 Å². The number of ether oxygens (including phenoxy) is 1. The number of rotatable bonds is 3. The molecule has 0 amide bonds. The predicted octanol–water partition coefficient (Wildman–Crippen LogP) is 4.45. The van der Waals surface area contributed by atoms with Crippen LogP contribution in [0.1, 0.15) is 13.0 Å². The molecule has 0 aliphatic rings. The minimum Gasteiger partial charge on any atom is -0.497 e. The van der Waals surface area contributed by atoms with E-state index in [1.165, 1.54) is 0 Å². The topological polar surface area (TPSA) is 78.2 Å². The van der Waals surface area contributed by atoms with Gasteiger partial charge in [0.1, 0.15) is 5.75 Å². The minimum absolute atomic E-state index is 0. The summed E-state index contributed by atoms with van der Waals surface area (Å²) in [5, 5.41) is 12.0. The van der Waals surface area contributed by atoms with Gasteiger partial charge < -0.3 is 9.84 Å². The maximum atomic E-state index is 8.66. The quantitative estimate of drug-likeness (QED) is 0.509. The van der Waals surface area contributed by atoms with Crippen LogP contribution in [0.25, 0.3) is 10.4 Å². The molecule has 0 spiro atoms. The molecule has 0 aromatic heterocycles. The minimum atomic E-state index is 0. The van der Waals surface area contributed by atoms with Gasteiger partial charge >= 0.3 is 0 Å². The van der Waals surface area contributed by atoms with Crippen LogP contribution in [0.2, 0.25) is 0 Å². The second-order valence-corrected chi connectivity index (χ2v) is 3.53. The zero-order valence-electron chi connectivity index (χ0n) is 10.6. The van der Waals surface area contributed by atoms with Crippen molar-refractivity contribution < 1.29 is 9.84 Å². The van der Waals surface area contributed by atoms with Crippen LogP contribution in [0.3, 0.4) is 0 Å². The fraction of sp³-hybridized carbons (Fsp3) is 0.200. The van der Waals surface area contributed by atoms with Crippen molar-refractivity contribution in [2.24, 2.45) is 5.11 Å². The van der Waals surface area contributed by atoms with Crippen molar-refractivity contribution in [3.8, 4) is 5.75 Å². The van der Waals surface area contributed by atoms with Gasteiger partial charge in [-0.25, -0.2) is 0 Å². The summed E-state index contributed by atoms with van der Waals surface area (Å²) in [5.74, 6) is 0.817. The van der Waals surface area contributed by atoms with E-state index in [1.807, 2.05) is 42.5 Å². The van der Waals surface area contributed by atoms with Crippen molar-refractivity contribution in [1.82, 2.24) is 0 Å². The standard InChI is InChI=1S/C8H10O2.C6H5N3.CH4/c1-10-8-4-2-7(6-9)3-5-8;7-9-8-6-4-2-1-3-5-6;/h2-5,9H,6H2,1H3;1-5H;1H4. The maximum Gasteiger partial charge on any atom is 0.118 e. The molecule has 0 aliphatic heterocycles. The number of aliphatic hydroxyl groups excluding tert-OH is 1. The molecule has 1 N–H and O–H groups in total. The SMILES string of the molecule is C.COc1ccc(CO)cc1.[N-]=[N+]=Nc1ccccc1. The second-order valence-electron chi connectivity index (χ2n) is 3.53. The van der Waals surface area contributed by atoms with E-state index >= 15 is 0 Å². The number of nitrogens with zero attached hydrogens (tertiary/aromatic N) is 3. The van der Waals surface area contributed by atoms with Gasteiger partial charge in [0.05, 0.1) is 13.7 Å². The molecule has 106 valence electrons. The fourth-order valence-electron chi connectivity index (χ4n) is 1.28. The van der Waals surface area contributed by atoms with Crippen LogP contribution >= 0.6 is 0 Å². The first-order valence-electron chi connectivity index (χ1n) is 5.64. The smallest absolute Gasteiger partial charge is 0.118 e. The van der Waals surface area contributed by atoms with E-state index in [2.05, 4.69) is 10.0 Å². The average molecular weight is 273 g/mol. The van der Waals surface area contributed by atoms with Crippen molar-refractivity contribution in [1.29, 1.82) is 0 Å². The lowest BCUT2D eigenvalue weighted by atomic mass is 10.2. The van der Waals surface area contributed by atoms with E-state index in [9.17, 15) is 0 Å². The van der Waals surface area contributed by atoms with Gasteiger partial charge in [-0.2, -0.15) is 0 Å². The highest BCUT2D eigenvalue weighted by Gasteiger charge is 1.89. The van der Waals surface area contributed by atoms with Gasteiger partial charge in [0.15, 0.2) is 0 Å². The molecule has 0 heterocycles. The summed E-state index contributed by atoms with van der Waals surface area (Å²) in [6, 6.07) is 16.3. The molecule has 0 radical (unpaired) electrons. The summed E-state index contributed by atoms with van der Waals surface area (Å²) in [6.07, 6.45) is 0. The summed E-state index contributed by atoms with van der Waals surface area (Å²) in [6.45, 7) is 0.0873. The largest absolute Gasteiger partial charge is 0.497 e. The Balaban J connectivity index is 0.000000345. The number of benzene rings is 2. The van der Waals surface area contributed by atoms with Gasteiger partial charge in [0.2, 0.25) is 0 Å². The van der Waals surface area contributed by atoms with Crippen LogP contribution in [0.5, 0.6) is 5.75 Å². The Bertz CT molecular complexity index is 498. The van der Waals surface area contributed by atoms with Crippen LogP contribution in [-0.4, -0.2) is 12.2 Å². The first-order valence-corrected chi connectivity index (χ1v) is 5.64. The molecular weight excluding hydrogens is 254 g/mol. The Kier molecular flexibility index (Phi) is 9.14. The van der Waals surface area contributed by atoms with Crippen LogP contribution in [0.4, 0.5) is 5.69 Å². The molecule has 0 bridgehead atoms. The number of azide groups is 1. The van der Waals surface area contributed by atoms with Gasteiger partial charge in [-0.15, -0.1) is 0 Å². The van der Waals surface area contributed by atoms with E-state index in [4.69, 9.17) is 15.4 Å². The maximum absolute atomic E-state index is 8.66. The molecule has 5 nitrogen and oxygen atoms in total. The van der Waals surface area contributed by atoms with Crippen LogP contribution in [0.15, 0.2) is 59.7 Å². The molecule has 0 atom stereocenters. The van der Waals surface area contributed by atoms with E-state index < -0.39 is 0 Å². The zero-order valence-corrected chi connectivity index (χ0v) is 10.6. The lowest BCUT2D eigenvalue weighted by Gasteiger charge is -1.98. The summed E-state index contributed by atoms with van der Waals surface area (Å²) in [4.78, 5) is 2.63. The molecule has 0 saturated heterocycles. The normalized spacial score (nSPS) is 8.30. The van der Waals surface area contributed by atoms with E-state index in [-0.39, 0.29) is 14.0 Å². The molecule has 5 heteroatoms. The van der Waals surface area contributed by atoms with Crippen molar-refractivity contribution >= 4 is 5.69 Å². The van der Waals surface area contributed by atoms with Crippen LogP contribution < -0.4 is 4.74 Å². The Hall–Kier alpha value is -2.49. The Morgan fingerprint density at radius 1 is 1.10 bits per heavy atom. The number of hydrogen-bond donors (Lipinski definition) is 1. The fourth-order valence-corrected chi connectivity index (χ4v) is 1.28. The zero-order chi connectivity index (χ0) is 13.9. The number of hydrogen-bond acceptors (Lipinski definition) is 3. The van der Waals surface area contributed by atoms with E-state index in [0.29, 0.717) is 5.69 Å². The third-order valence-electron chi connectivity index (χ3n) is 2.26. The highest BCUT2D eigenvalue weighted by Crippen LogP contribution is 2.10. The summed E-state index contributed by atoms with van der Waals surface area (Å²) in [7, 11) is 1.62. The molecule has 0 unspecified atom stereocenters. The molecular formula is C15H19N3O2. The van der Waals surface area contributed by atoms with Crippen LogP contribution in [-0.2, 0) is 6.61 Å². The highest BCUT2D eigenvalue weighted by atomic mass is 16.5. The Morgan fingerprint density at radius 3 is 2.15 bits per heavy atom. The molecule has 0 saturated carbocycles. The summed E-state index contributed by atoms with van der Waals surface area (Å²) in [5.41, 5.74) is 9.53. The highest BCUT2D eigenvalue weighted by molar-refractivity contribution is 5.35. The lowest BCUT2D eigenvalue weighted by Crippen LogP contribution is -1.84. The van der Waals surface area contributed by atoms with Crippen molar-refractivity contribution in [3.63, 3.8) is 0 Å². The first kappa shape index (κ1) is 17.5. The first-order chi connectivity index (χ1) is 9.30. The van der Waals surface area contributed by atoms with Gasteiger partial charge in [-0.05, 0) is 23.2 Å². The molecule has 0 fully saturated rings. The van der Waals surface area contributed by atoms with Crippen molar-refractivity contribution in [2.45, 2.75) is 14.0 Å². The molecule has 0 aliphatic carbocycles. The number of methoxy groups -OCH3 is 1. The Morgan fingerprint density at radius 2 is 1.70 bits per heavy atom. The van der Waals surface area contributed by atoms with E-state index in [0.717, 1.165) is 11.3 Å².